The average Bonchev–Trinajstić information content (AvgIpc) is 3.31. The fourth-order valence-electron chi connectivity index (χ4n) is 4.44. The van der Waals surface area contributed by atoms with Gasteiger partial charge in [-0.1, -0.05) is 41.7 Å². The number of benzene rings is 3. The molecule has 0 aliphatic carbocycles. The van der Waals surface area contributed by atoms with E-state index in [-0.39, 0.29) is 17.2 Å². The standard InChI is InChI=1S/C25H18N4O5S/c30-23(19-14-18-17-4-2-1-3-15(17)5-8-21(18)34-24(19)31)27-9-11-28(12-10-27)25-26-20-7-6-16(29(32)33)13-22(20)35-25/h1-8,13-14H,9-12H2. The zero-order valence-corrected chi connectivity index (χ0v) is 19.2. The molecule has 1 fully saturated rings. The minimum Gasteiger partial charge on any atom is -0.422 e. The Morgan fingerprint density at radius 3 is 2.60 bits per heavy atom. The van der Waals surface area contributed by atoms with Crippen LogP contribution in [0.3, 0.4) is 0 Å². The number of non-ortho nitro benzene ring substituents is 1. The van der Waals surface area contributed by atoms with Crippen LogP contribution in [-0.2, 0) is 0 Å². The van der Waals surface area contributed by atoms with E-state index in [1.165, 1.54) is 23.5 Å². The molecule has 1 aliphatic heterocycles. The molecule has 6 rings (SSSR count). The lowest BCUT2D eigenvalue weighted by atomic mass is 10.0. The number of rotatable bonds is 3. The van der Waals surface area contributed by atoms with E-state index >= 15 is 0 Å². The van der Waals surface area contributed by atoms with Crippen molar-refractivity contribution in [1.29, 1.82) is 0 Å². The van der Waals surface area contributed by atoms with Gasteiger partial charge >= 0.3 is 5.63 Å². The van der Waals surface area contributed by atoms with Crippen molar-refractivity contribution in [3.63, 3.8) is 0 Å². The van der Waals surface area contributed by atoms with Crippen molar-refractivity contribution >= 4 is 60.0 Å². The Labute approximate surface area is 202 Å². The first kappa shape index (κ1) is 21.2. The lowest BCUT2D eigenvalue weighted by Gasteiger charge is -2.34. The van der Waals surface area contributed by atoms with Crippen LogP contribution in [-0.4, -0.2) is 46.9 Å². The Bertz CT molecular complexity index is 1700. The Kier molecular flexibility index (Phi) is 4.96. The molecule has 5 aromatic rings. The minimum absolute atomic E-state index is 0.0228. The first-order valence-corrected chi connectivity index (χ1v) is 11.8. The highest BCUT2D eigenvalue weighted by Crippen LogP contribution is 2.32. The molecule has 3 aromatic carbocycles. The van der Waals surface area contributed by atoms with Crippen LogP contribution in [0.5, 0.6) is 0 Å². The molecule has 0 spiro atoms. The third-order valence-corrected chi connectivity index (χ3v) is 7.36. The molecule has 0 radical (unpaired) electrons. The molecular weight excluding hydrogens is 468 g/mol. The van der Waals surface area contributed by atoms with Gasteiger partial charge in [0.1, 0.15) is 11.1 Å². The normalized spacial score (nSPS) is 14.2. The molecule has 35 heavy (non-hydrogen) atoms. The number of anilines is 1. The van der Waals surface area contributed by atoms with Crippen LogP contribution in [0, 0.1) is 10.1 Å². The average molecular weight is 487 g/mol. The Balaban J connectivity index is 1.24. The maximum Gasteiger partial charge on any atom is 0.349 e. The number of fused-ring (bicyclic) bond motifs is 4. The minimum atomic E-state index is -0.645. The molecule has 3 heterocycles. The van der Waals surface area contributed by atoms with E-state index < -0.39 is 10.5 Å². The summed E-state index contributed by atoms with van der Waals surface area (Å²) in [4.78, 5) is 44.8. The SMILES string of the molecule is O=C(c1cc2c(ccc3ccccc32)oc1=O)N1CCN(c2nc3ccc([N+](=O)[O-])cc3s2)CC1. The molecule has 0 N–H and O–H groups in total. The Morgan fingerprint density at radius 2 is 1.80 bits per heavy atom. The van der Waals surface area contributed by atoms with Crippen LogP contribution in [0.2, 0.25) is 0 Å². The summed E-state index contributed by atoms with van der Waals surface area (Å²) in [6.45, 7) is 1.91. The number of nitro benzene ring substituents is 1. The van der Waals surface area contributed by atoms with Crippen molar-refractivity contribution in [2.24, 2.45) is 0 Å². The molecule has 0 saturated carbocycles. The zero-order chi connectivity index (χ0) is 24.1. The molecule has 0 atom stereocenters. The summed E-state index contributed by atoms with van der Waals surface area (Å²) in [6.07, 6.45) is 0. The van der Waals surface area contributed by atoms with E-state index in [9.17, 15) is 19.7 Å². The molecule has 0 unspecified atom stereocenters. The van der Waals surface area contributed by atoms with E-state index in [1.54, 1.807) is 23.1 Å². The molecule has 174 valence electrons. The number of aromatic nitrogens is 1. The second kappa shape index (κ2) is 8.17. The predicted molar refractivity (Wildman–Crippen MR) is 134 cm³/mol. The molecule has 1 saturated heterocycles. The van der Waals surface area contributed by atoms with Crippen LogP contribution < -0.4 is 10.5 Å². The van der Waals surface area contributed by atoms with Crippen LogP contribution in [0.25, 0.3) is 32.0 Å². The lowest BCUT2D eigenvalue weighted by Crippen LogP contribution is -2.49. The van der Waals surface area contributed by atoms with Gasteiger partial charge in [-0.3, -0.25) is 14.9 Å². The van der Waals surface area contributed by atoms with Crippen molar-refractivity contribution in [3.05, 3.63) is 86.8 Å². The van der Waals surface area contributed by atoms with Crippen molar-refractivity contribution in [2.75, 3.05) is 31.1 Å². The van der Waals surface area contributed by atoms with Crippen molar-refractivity contribution in [1.82, 2.24) is 9.88 Å². The quantitative estimate of drug-likeness (QED) is 0.161. The number of hydrogen-bond donors (Lipinski definition) is 0. The molecule has 1 aliphatic rings. The van der Waals surface area contributed by atoms with Gasteiger partial charge in [0, 0.05) is 43.7 Å². The monoisotopic (exact) mass is 486 g/mol. The van der Waals surface area contributed by atoms with E-state index in [4.69, 9.17) is 4.42 Å². The highest BCUT2D eigenvalue weighted by molar-refractivity contribution is 7.22. The third kappa shape index (κ3) is 3.68. The summed E-state index contributed by atoms with van der Waals surface area (Å²) in [6, 6.07) is 17.7. The Hall–Kier alpha value is -4.31. The summed E-state index contributed by atoms with van der Waals surface area (Å²) in [7, 11) is 0. The maximum absolute atomic E-state index is 13.3. The van der Waals surface area contributed by atoms with E-state index in [1.807, 2.05) is 30.3 Å². The summed E-state index contributed by atoms with van der Waals surface area (Å²) < 4.78 is 6.24. The zero-order valence-electron chi connectivity index (χ0n) is 18.3. The van der Waals surface area contributed by atoms with Gasteiger partial charge in [-0.15, -0.1) is 0 Å². The molecule has 2 aromatic heterocycles. The molecular formula is C25H18N4O5S. The van der Waals surface area contributed by atoms with Gasteiger partial charge in [-0.2, -0.15) is 0 Å². The summed E-state index contributed by atoms with van der Waals surface area (Å²) in [5.41, 5.74) is 0.564. The van der Waals surface area contributed by atoms with Crippen LogP contribution in [0.1, 0.15) is 10.4 Å². The third-order valence-electron chi connectivity index (χ3n) is 6.28. The van der Waals surface area contributed by atoms with Gasteiger partial charge in [-0.05, 0) is 29.0 Å². The van der Waals surface area contributed by atoms with E-state index in [0.717, 1.165) is 26.0 Å². The fraction of sp³-hybridized carbons (Fsp3) is 0.160. The first-order chi connectivity index (χ1) is 17.0. The smallest absolute Gasteiger partial charge is 0.349 e. The highest BCUT2D eigenvalue weighted by atomic mass is 32.1. The maximum atomic E-state index is 13.3. The van der Waals surface area contributed by atoms with Crippen LogP contribution in [0.15, 0.2) is 69.9 Å². The van der Waals surface area contributed by atoms with Crippen LogP contribution >= 0.6 is 11.3 Å². The molecule has 0 bridgehead atoms. The van der Waals surface area contributed by atoms with Gasteiger partial charge < -0.3 is 14.2 Å². The first-order valence-electron chi connectivity index (χ1n) is 11.0. The van der Waals surface area contributed by atoms with Gasteiger partial charge in [0.05, 0.1) is 15.1 Å². The molecule has 9 nitrogen and oxygen atoms in total. The van der Waals surface area contributed by atoms with Crippen molar-refractivity contribution < 1.29 is 14.1 Å². The van der Waals surface area contributed by atoms with E-state index in [2.05, 4.69) is 9.88 Å². The summed E-state index contributed by atoms with van der Waals surface area (Å²) in [5, 5.41) is 14.4. The number of carbonyl (C=O) groups is 1. The number of nitro groups is 1. The second-order valence-electron chi connectivity index (χ2n) is 8.33. The second-order valence-corrected chi connectivity index (χ2v) is 9.34. The number of carbonyl (C=O) groups excluding carboxylic acids is 1. The van der Waals surface area contributed by atoms with E-state index in [0.29, 0.717) is 37.3 Å². The molecule has 1 amide bonds. The van der Waals surface area contributed by atoms with Gasteiger partial charge in [0.15, 0.2) is 5.13 Å². The number of amides is 1. The Morgan fingerprint density at radius 1 is 1.00 bits per heavy atom. The van der Waals surface area contributed by atoms with Crippen LogP contribution in [0.4, 0.5) is 10.8 Å². The van der Waals surface area contributed by atoms with Crippen molar-refractivity contribution in [2.45, 2.75) is 0 Å². The topological polar surface area (TPSA) is 110 Å². The van der Waals surface area contributed by atoms with Gasteiger partial charge in [0.25, 0.3) is 11.6 Å². The number of piperazine rings is 1. The predicted octanol–water partition coefficient (Wildman–Crippen LogP) is 4.43. The van der Waals surface area contributed by atoms with Gasteiger partial charge in [-0.25, -0.2) is 9.78 Å². The number of nitrogens with zero attached hydrogens (tertiary/aromatic N) is 4. The van der Waals surface area contributed by atoms with Crippen molar-refractivity contribution in [3.8, 4) is 0 Å². The van der Waals surface area contributed by atoms with Gasteiger partial charge in [0.2, 0.25) is 0 Å². The highest BCUT2D eigenvalue weighted by Gasteiger charge is 2.26. The lowest BCUT2D eigenvalue weighted by molar-refractivity contribution is -0.384. The largest absolute Gasteiger partial charge is 0.422 e. The summed E-state index contributed by atoms with van der Waals surface area (Å²) in [5.74, 6) is -0.354. The number of thiazole rings is 1. The number of hydrogen-bond acceptors (Lipinski definition) is 8. The summed E-state index contributed by atoms with van der Waals surface area (Å²) >= 11 is 1.39. The fourth-order valence-corrected chi connectivity index (χ4v) is 5.49. The molecule has 10 heteroatoms.